The van der Waals surface area contributed by atoms with E-state index < -0.39 is 0 Å². The highest BCUT2D eigenvalue weighted by Gasteiger charge is 1.89. The lowest BCUT2D eigenvalue weighted by atomic mass is 10.1. The maximum Gasteiger partial charge on any atom is 0.0871 e. The fourth-order valence-electron chi connectivity index (χ4n) is 1.53. The van der Waals surface area contributed by atoms with Gasteiger partial charge in [-0.25, -0.2) is 13.2 Å². The van der Waals surface area contributed by atoms with Crippen LogP contribution in [-0.4, -0.2) is 6.54 Å². The van der Waals surface area contributed by atoms with Gasteiger partial charge in [0.15, 0.2) is 0 Å². The molecule has 2 N–H and O–H groups in total. The molecule has 0 aliphatic rings. The molecule has 1 nitrogen and oxygen atoms in total. The van der Waals surface area contributed by atoms with Crippen LogP contribution < -0.4 is 5.73 Å². The summed E-state index contributed by atoms with van der Waals surface area (Å²) in [5, 5.41) is 0. The Bertz CT molecular complexity index is 293. The third-order valence-corrected chi connectivity index (χ3v) is 3.23. The van der Waals surface area contributed by atoms with Gasteiger partial charge in [-0.15, -0.1) is 0 Å². The van der Waals surface area contributed by atoms with Gasteiger partial charge in [0.25, 0.3) is 0 Å². The first-order chi connectivity index (χ1) is 11.0. The topological polar surface area (TPSA) is 26.0 Å². The third-order valence-electron chi connectivity index (χ3n) is 3.23. The van der Waals surface area contributed by atoms with Crippen LogP contribution in [0, 0.1) is 0 Å². The van der Waals surface area contributed by atoms with Crippen LogP contribution in [0.1, 0.15) is 87.0 Å². The van der Waals surface area contributed by atoms with Crippen LogP contribution in [0.4, 0.5) is 13.2 Å². The molecule has 0 unspecified atom stereocenters. The summed E-state index contributed by atoms with van der Waals surface area (Å²) in [6, 6.07) is 0. The van der Waals surface area contributed by atoms with Crippen LogP contribution >= 0.6 is 0 Å². The van der Waals surface area contributed by atoms with E-state index in [2.05, 4.69) is 13.8 Å². The van der Waals surface area contributed by atoms with E-state index in [0.717, 1.165) is 62.3 Å². The Morgan fingerprint density at radius 2 is 0.958 bits per heavy atom. The lowest BCUT2D eigenvalue weighted by Crippen LogP contribution is -2.00. The molecule has 0 saturated carbocycles. The summed E-state index contributed by atoms with van der Waals surface area (Å²) in [6.45, 7) is 10.3. The van der Waals surface area contributed by atoms with Gasteiger partial charge in [-0.1, -0.05) is 54.9 Å². The fraction of sp³-hybridized carbons (Fsp3) is 0.700. The normalized spacial score (nSPS) is 11.6. The van der Waals surface area contributed by atoms with E-state index in [1.165, 1.54) is 0 Å². The Balaban J connectivity index is -0.000000123. The van der Waals surface area contributed by atoms with Crippen LogP contribution in [0.5, 0.6) is 0 Å². The molecule has 0 saturated heterocycles. The molecule has 0 aliphatic carbocycles. The molecule has 0 atom stereocenters. The van der Waals surface area contributed by atoms with Crippen LogP contribution in [0.25, 0.3) is 0 Å². The average molecular weight is 352 g/mol. The van der Waals surface area contributed by atoms with Gasteiger partial charge < -0.3 is 5.73 Å². The second-order valence-corrected chi connectivity index (χ2v) is 5.07. The predicted molar refractivity (Wildman–Crippen MR) is 104 cm³/mol. The van der Waals surface area contributed by atoms with Crippen molar-refractivity contribution in [2.75, 3.05) is 6.54 Å². The van der Waals surface area contributed by atoms with Crippen molar-refractivity contribution in [3.8, 4) is 0 Å². The van der Waals surface area contributed by atoms with E-state index >= 15 is 0 Å². The Morgan fingerprint density at radius 1 is 0.667 bits per heavy atom. The Hall–Kier alpha value is -1.03. The molecular weight excluding hydrogens is 311 g/mol. The predicted octanol–water partition coefficient (Wildman–Crippen LogP) is 7.94. The van der Waals surface area contributed by atoms with E-state index in [1.807, 2.05) is 20.8 Å². The SMILES string of the molecule is C.CC/C(=C/F)CN.CCC/C(=C\F)CC.CCC/C(=C\F)CC. The lowest BCUT2D eigenvalue weighted by molar-refractivity contribution is 0.685. The number of hydrogen-bond donors (Lipinski definition) is 1. The molecule has 0 aliphatic heterocycles. The highest BCUT2D eigenvalue weighted by molar-refractivity contribution is 4.97. The lowest BCUT2D eigenvalue weighted by Gasteiger charge is -1.95. The molecule has 24 heavy (non-hydrogen) atoms. The van der Waals surface area contributed by atoms with E-state index in [1.54, 1.807) is 0 Å². The van der Waals surface area contributed by atoms with Gasteiger partial charge in [0.1, 0.15) is 0 Å². The molecule has 0 amide bonds. The molecule has 0 spiro atoms. The van der Waals surface area contributed by atoms with Crippen molar-refractivity contribution in [3.63, 3.8) is 0 Å². The standard InChI is InChI=1S/2C7H13F.C5H10FN.CH4/c2*1-3-5-7(4-2)6-8;1-2-5(3-6)4-7;/h2*6H,3-5H2,1-2H3;3H,2,4,7H2,1H3;1H4/b2*7-6-;5-3-;. The van der Waals surface area contributed by atoms with Gasteiger partial charge in [-0.3, -0.25) is 0 Å². The van der Waals surface area contributed by atoms with Gasteiger partial charge in [0.2, 0.25) is 0 Å². The molecule has 0 fully saturated rings. The third kappa shape index (κ3) is 23.2. The molecule has 4 heteroatoms. The summed E-state index contributed by atoms with van der Waals surface area (Å²) in [4.78, 5) is 0. The number of halogens is 3. The Labute approximate surface area is 148 Å². The monoisotopic (exact) mass is 351 g/mol. The maximum absolute atomic E-state index is 11.7. The molecule has 0 aromatic heterocycles. The summed E-state index contributed by atoms with van der Waals surface area (Å²) in [6.07, 6.45) is 8.35. The molecular formula is C20H40F3N. The smallest absolute Gasteiger partial charge is 0.0871 e. The molecule has 0 radical (unpaired) electrons. The van der Waals surface area contributed by atoms with Crippen LogP contribution in [0.15, 0.2) is 35.7 Å². The van der Waals surface area contributed by atoms with E-state index in [9.17, 15) is 13.2 Å². The van der Waals surface area contributed by atoms with Crippen molar-refractivity contribution in [2.45, 2.75) is 87.0 Å². The minimum atomic E-state index is 0. The van der Waals surface area contributed by atoms with E-state index in [4.69, 9.17) is 5.73 Å². The molecule has 0 aromatic carbocycles. The van der Waals surface area contributed by atoms with Crippen molar-refractivity contribution in [1.29, 1.82) is 0 Å². The van der Waals surface area contributed by atoms with Crippen molar-refractivity contribution in [2.24, 2.45) is 5.73 Å². The minimum Gasteiger partial charge on any atom is -0.327 e. The van der Waals surface area contributed by atoms with Crippen molar-refractivity contribution < 1.29 is 13.2 Å². The number of hydrogen-bond acceptors (Lipinski definition) is 1. The number of nitrogens with two attached hydrogens (primary N) is 1. The van der Waals surface area contributed by atoms with Gasteiger partial charge in [0.05, 0.1) is 19.0 Å². The van der Waals surface area contributed by atoms with E-state index in [-0.39, 0.29) is 7.43 Å². The number of rotatable bonds is 8. The van der Waals surface area contributed by atoms with Gasteiger partial charge in [-0.05, 0) is 48.8 Å². The van der Waals surface area contributed by atoms with Crippen molar-refractivity contribution in [1.82, 2.24) is 0 Å². The first kappa shape index (κ1) is 30.8. The summed E-state index contributed by atoms with van der Waals surface area (Å²) in [7, 11) is 0. The molecule has 0 bridgehead atoms. The summed E-state index contributed by atoms with van der Waals surface area (Å²) < 4.78 is 34.8. The highest BCUT2D eigenvalue weighted by atomic mass is 19.1. The maximum atomic E-state index is 11.7. The quantitative estimate of drug-likeness (QED) is 0.472. The molecule has 0 rings (SSSR count). The van der Waals surface area contributed by atoms with Crippen molar-refractivity contribution in [3.05, 3.63) is 35.7 Å². The zero-order chi connectivity index (χ0) is 18.5. The summed E-state index contributed by atoms with van der Waals surface area (Å²) in [5.74, 6) is 0. The molecule has 0 aromatic rings. The first-order valence-corrected chi connectivity index (χ1v) is 8.59. The first-order valence-electron chi connectivity index (χ1n) is 8.59. The van der Waals surface area contributed by atoms with E-state index in [0.29, 0.717) is 24.9 Å². The van der Waals surface area contributed by atoms with Gasteiger partial charge in [0, 0.05) is 6.54 Å². The number of allylic oxidation sites excluding steroid dienone is 2. The van der Waals surface area contributed by atoms with Gasteiger partial charge in [-0.2, -0.15) is 0 Å². The largest absolute Gasteiger partial charge is 0.327 e. The molecule has 146 valence electrons. The second kappa shape index (κ2) is 26.8. The second-order valence-electron chi connectivity index (χ2n) is 5.07. The van der Waals surface area contributed by atoms with Crippen LogP contribution in [-0.2, 0) is 0 Å². The average Bonchev–Trinajstić information content (AvgIpc) is 2.60. The minimum absolute atomic E-state index is 0. The summed E-state index contributed by atoms with van der Waals surface area (Å²) >= 11 is 0. The van der Waals surface area contributed by atoms with Gasteiger partial charge >= 0.3 is 0 Å². The van der Waals surface area contributed by atoms with Crippen LogP contribution in [0.2, 0.25) is 0 Å². The summed E-state index contributed by atoms with van der Waals surface area (Å²) in [5.41, 5.74) is 7.60. The zero-order valence-electron chi connectivity index (χ0n) is 15.6. The fourth-order valence-corrected chi connectivity index (χ4v) is 1.53. The van der Waals surface area contributed by atoms with Crippen molar-refractivity contribution >= 4 is 0 Å². The Morgan fingerprint density at radius 3 is 1.00 bits per heavy atom. The highest BCUT2D eigenvalue weighted by Crippen LogP contribution is 2.08. The molecule has 0 heterocycles. The van der Waals surface area contributed by atoms with Crippen LogP contribution in [0.3, 0.4) is 0 Å². The Kier molecular flexibility index (Phi) is 34.5. The zero-order valence-corrected chi connectivity index (χ0v) is 15.6.